The van der Waals surface area contributed by atoms with Gasteiger partial charge in [-0.25, -0.2) is 4.79 Å². The molecule has 31 heavy (non-hydrogen) atoms. The molecule has 1 atom stereocenters. The fraction of sp³-hybridized carbons (Fsp3) is 0.680. The number of nitrogens with one attached hydrogen (secondary N) is 2. The van der Waals surface area contributed by atoms with Crippen molar-refractivity contribution in [1.82, 2.24) is 5.32 Å². The van der Waals surface area contributed by atoms with Crippen molar-refractivity contribution in [3.05, 3.63) is 29.8 Å². The molecule has 4 aliphatic carbocycles. The zero-order valence-electron chi connectivity index (χ0n) is 18.9. The van der Waals surface area contributed by atoms with Crippen LogP contribution in [0.4, 0.5) is 5.69 Å². The Balaban J connectivity index is 1.39. The van der Waals surface area contributed by atoms with Crippen LogP contribution in [-0.2, 0) is 4.74 Å². The van der Waals surface area contributed by atoms with Gasteiger partial charge in [-0.3, -0.25) is 4.99 Å². The van der Waals surface area contributed by atoms with Crippen LogP contribution in [-0.4, -0.2) is 43.3 Å². The van der Waals surface area contributed by atoms with E-state index in [2.05, 4.69) is 17.6 Å². The molecular formula is C25H37N3O3. The lowest BCUT2D eigenvalue weighted by Crippen LogP contribution is -2.49. The van der Waals surface area contributed by atoms with E-state index in [1.165, 1.54) is 44.9 Å². The maximum atomic E-state index is 11.1. The summed E-state index contributed by atoms with van der Waals surface area (Å²) in [6.45, 7) is 3.64. The number of hydrogen-bond donors (Lipinski definition) is 3. The number of methoxy groups -OCH3 is 1. The maximum Gasteiger partial charge on any atom is 0.335 e. The molecule has 1 aromatic carbocycles. The van der Waals surface area contributed by atoms with Crippen molar-refractivity contribution in [2.24, 2.45) is 28.2 Å². The van der Waals surface area contributed by atoms with Gasteiger partial charge < -0.3 is 20.5 Å². The highest BCUT2D eigenvalue weighted by atomic mass is 16.5. The van der Waals surface area contributed by atoms with E-state index in [9.17, 15) is 4.79 Å². The fourth-order valence-electron chi connectivity index (χ4n) is 6.83. The Morgan fingerprint density at radius 1 is 1.16 bits per heavy atom. The Morgan fingerprint density at radius 2 is 1.77 bits per heavy atom. The Morgan fingerprint density at radius 3 is 2.32 bits per heavy atom. The second-order valence-corrected chi connectivity index (χ2v) is 10.3. The van der Waals surface area contributed by atoms with Crippen LogP contribution in [0.25, 0.3) is 0 Å². The number of carboxylic acids is 1. The molecule has 4 saturated carbocycles. The first-order valence-corrected chi connectivity index (χ1v) is 11.8. The van der Waals surface area contributed by atoms with Crippen LogP contribution >= 0.6 is 0 Å². The molecule has 3 N–H and O–H groups in total. The number of aliphatic imine (C=N–C) groups is 1. The third-order valence-corrected chi connectivity index (χ3v) is 7.46. The van der Waals surface area contributed by atoms with E-state index in [4.69, 9.17) is 14.8 Å². The number of rotatable bonds is 9. The molecule has 4 aliphatic rings. The lowest BCUT2D eigenvalue weighted by atomic mass is 9.48. The number of benzene rings is 1. The molecule has 4 fully saturated rings. The van der Waals surface area contributed by atoms with E-state index in [1.807, 2.05) is 0 Å². The van der Waals surface area contributed by atoms with Gasteiger partial charge in [0.05, 0.1) is 5.56 Å². The summed E-state index contributed by atoms with van der Waals surface area (Å²) in [6.07, 6.45) is 10.7. The van der Waals surface area contributed by atoms with Gasteiger partial charge in [-0.1, -0.05) is 0 Å². The number of ether oxygens (including phenoxy) is 1. The second-order valence-electron chi connectivity index (χ2n) is 10.3. The number of nitrogens with zero attached hydrogens (tertiary/aromatic N) is 1. The predicted molar refractivity (Wildman–Crippen MR) is 124 cm³/mol. The molecule has 0 unspecified atom stereocenters. The summed E-state index contributed by atoms with van der Waals surface area (Å²) >= 11 is 0. The number of guanidine groups is 1. The number of hydrogen-bond acceptors (Lipinski definition) is 3. The molecule has 170 valence electrons. The standard InChI is InChI=1S/C25H37N3O3/c1-17(13-25-14-18-10-19(15-25)12-20(11-18)16-25)27-24(26-8-3-9-31-2)28-22-6-4-21(5-7-22)23(29)30/h4-7,17-20H,3,8-16H2,1-2H3,(H,29,30)(H2,26,27,28)/t17-,18?,19?,20?,25?/m1/s1. The SMILES string of the molecule is COCCCN=C(Nc1ccc(C(=O)O)cc1)N[C@H](C)CC12CC3CC(CC(C3)C1)C2. The largest absolute Gasteiger partial charge is 0.478 e. The van der Waals surface area contributed by atoms with Gasteiger partial charge in [0.15, 0.2) is 5.96 Å². The number of carbonyl (C=O) groups is 1. The highest BCUT2D eigenvalue weighted by Gasteiger charge is 2.50. The van der Waals surface area contributed by atoms with E-state index < -0.39 is 5.97 Å². The van der Waals surface area contributed by atoms with Crippen molar-refractivity contribution in [1.29, 1.82) is 0 Å². The second kappa shape index (κ2) is 9.60. The lowest BCUT2D eigenvalue weighted by molar-refractivity contribution is -0.0603. The third kappa shape index (κ3) is 5.59. The summed E-state index contributed by atoms with van der Waals surface area (Å²) in [5, 5.41) is 16.1. The van der Waals surface area contributed by atoms with Crippen LogP contribution in [0.1, 0.15) is 68.6 Å². The van der Waals surface area contributed by atoms with Gasteiger partial charge in [-0.05, 0) is 106 Å². The van der Waals surface area contributed by atoms with Gasteiger partial charge in [0, 0.05) is 32.0 Å². The van der Waals surface area contributed by atoms with Gasteiger partial charge >= 0.3 is 5.97 Å². The Hall–Kier alpha value is -2.08. The van der Waals surface area contributed by atoms with Crippen LogP contribution in [0.2, 0.25) is 0 Å². The minimum Gasteiger partial charge on any atom is -0.478 e. The molecule has 0 heterocycles. The molecule has 5 rings (SSSR count). The average Bonchev–Trinajstić information content (AvgIpc) is 2.70. The van der Waals surface area contributed by atoms with Gasteiger partial charge in [0.1, 0.15) is 0 Å². The molecule has 4 bridgehead atoms. The van der Waals surface area contributed by atoms with E-state index in [1.54, 1.807) is 31.4 Å². The summed E-state index contributed by atoms with van der Waals surface area (Å²) in [6, 6.07) is 7.15. The number of anilines is 1. The molecule has 0 saturated heterocycles. The Labute approximate surface area is 185 Å². The van der Waals surface area contributed by atoms with Gasteiger partial charge in [-0.2, -0.15) is 0 Å². The molecule has 0 amide bonds. The van der Waals surface area contributed by atoms with Crippen molar-refractivity contribution in [2.45, 2.75) is 64.3 Å². The molecule has 0 aromatic heterocycles. The van der Waals surface area contributed by atoms with Crippen LogP contribution in [0, 0.1) is 23.2 Å². The molecule has 1 aromatic rings. The van der Waals surface area contributed by atoms with Crippen molar-refractivity contribution in [3.8, 4) is 0 Å². The highest BCUT2D eigenvalue weighted by Crippen LogP contribution is 2.61. The zero-order chi connectivity index (χ0) is 21.8. The van der Waals surface area contributed by atoms with E-state index >= 15 is 0 Å². The molecule has 0 radical (unpaired) electrons. The number of aromatic carboxylic acids is 1. The molecule has 0 aliphatic heterocycles. The number of carboxylic acid groups (broad SMARTS) is 1. The topological polar surface area (TPSA) is 83.0 Å². The maximum absolute atomic E-state index is 11.1. The van der Waals surface area contributed by atoms with Crippen molar-refractivity contribution < 1.29 is 14.6 Å². The lowest BCUT2D eigenvalue weighted by Gasteiger charge is -2.57. The Bertz CT molecular complexity index is 754. The van der Waals surface area contributed by atoms with Gasteiger partial charge in [0.2, 0.25) is 0 Å². The molecule has 6 heteroatoms. The van der Waals surface area contributed by atoms with E-state index in [-0.39, 0.29) is 5.56 Å². The summed E-state index contributed by atoms with van der Waals surface area (Å²) in [5.41, 5.74) is 1.64. The van der Waals surface area contributed by atoms with E-state index in [0.29, 0.717) is 24.6 Å². The monoisotopic (exact) mass is 427 g/mol. The predicted octanol–water partition coefficient (Wildman–Crippen LogP) is 4.77. The van der Waals surface area contributed by atoms with Crippen molar-refractivity contribution in [3.63, 3.8) is 0 Å². The minimum absolute atomic E-state index is 0.285. The molecule has 0 spiro atoms. The first-order chi connectivity index (χ1) is 14.9. The minimum atomic E-state index is -0.915. The van der Waals surface area contributed by atoms with Gasteiger partial charge in [-0.15, -0.1) is 0 Å². The summed E-state index contributed by atoms with van der Waals surface area (Å²) in [4.78, 5) is 15.9. The third-order valence-electron chi connectivity index (χ3n) is 7.46. The summed E-state index contributed by atoms with van der Waals surface area (Å²) in [7, 11) is 1.71. The van der Waals surface area contributed by atoms with Crippen molar-refractivity contribution in [2.75, 3.05) is 25.6 Å². The summed E-state index contributed by atoms with van der Waals surface area (Å²) in [5.74, 6) is 2.74. The first-order valence-electron chi connectivity index (χ1n) is 11.8. The zero-order valence-corrected chi connectivity index (χ0v) is 18.9. The van der Waals surface area contributed by atoms with Gasteiger partial charge in [0.25, 0.3) is 0 Å². The van der Waals surface area contributed by atoms with Crippen LogP contribution in [0.15, 0.2) is 29.3 Å². The van der Waals surface area contributed by atoms with Crippen LogP contribution < -0.4 is 10.6 Å². The normalized spacial score (nSPS) is 30.3. The van der Waals surface area contributed by atoms with Crippen LogP contribution in [0.5, 0.6) is 0 Å². The quantitative estimate of drug-likeness (QED) is 0.300. The van der Waals surface area contributed by atoms with E-state index in [0.717, 1.165) is 35.8 Å². The summed E-state index contributed by atoms with van der Waals surface area (Å²) < 4.78 is 5.15. The fourth-order valence-corrected chi connectivity index (χ4v) is 6.83. The average molecular weight is 428 g/mol. The molecule has 6 nitrogen and oxygen atoms in total. The first kappa shape index (κ1) is 22.1. The molecular weight excluding hydrogens is 390 g/mol. The highest BCUT2D eigenvalue weighted by molar-refractivity contribution is 5.94. The van der Waals surface area contributed by atoms with Crippen molar-refractivity contribution >= 4 is 17.6 Å². The smallest absolute Gasteiger partial charge is 0.335 e. The Kier molecular flexibility index (Phi) is 6.85. The van der Waals surface area contributed by atoms with Crippen LogP contribution in [0.3, 0.4) is 0 Å².